The molecular weight excluding hydrogens is 278 g/mol. The molecule has 0 saturated heterocycles. The minimum atomic E-state index is -1.26. The molecule has 1 aromatic rings. The van der Waals surface area contributed by atoms with E-state index in [4.69, 9.17) is 26.6 Å². The molecule has 7 heteroatoms. The van der Waals surface area contributed by atoms with Crippen molar-refractivity contribution in [1.82, 2.24) is 6.15 Å². The highest BCUT2D eigenvalue weighted by Crippen LogP contribution is 2.22. The fraction of sp³-hybridized carbons (Fsp3) is 0.538. The molecule has 114 valence electrons. The third-order valence-electron chi connectivity index (χ3n) is 2.74. The van der Waals surface area contributed by atoms with E-state index in [1.54, 1.807) is 18.2 Å². The number of nitrogens with two attached hydrogens (primary N) is 1. The van der Waals surface area contributed by atoms with Crippen molar-refractivity contribution in [1.29, 1.82) is 0 Å². The Bertz CT molecular complexity index is 383. The third kappa shape index (κ3) is 7.12. The Kier molecular flexibility index (Phi) is 10.5. The molecule has 0 radical (unpaired) electrons. The van der Waals surface area contributed by atoms with Crippen LogP contribution in [-0.2, 0) is 11.2 Å². The van der Waals surface area contributed by atoms with Crippen molar-refractivity contribution >= 4 is 18.9 Å². The van der Waals surface area contributed by atoms with Crippen LogP contribution in [0.5, 0.6) is 5.75 Å². The fourth-order valence-corrected chi connectivity index (χ4v) is 1.88. The lowest BCUT2D eigenvalue weighted by Crippen LogP contribution is -2.26. The number of rotatable bonds is 9. The topological polar surface area (TPSA) is 99.7 Å². The highest BCUT2D eigenvalue weighted by molar-refractivity contribution is 6.36. The molecule has 0 heterocycles. The van der Waals surface area contributed by atoms with Gasteiger partial charge in [0.15, 0.2) is 0 Å². The molecule has 5 nitrogen and oxygen atoms in total. The lowest BCUT2D eigenvalue weighted by Gasteiger charge is -2.11. The zero-order valence-electron chi connectivity index (χ0n) is 12.0. The zero-order valence-corrected chi connectivity index (χ0v) is 12.7. The van der Waals surface area contributed by atoms with E-state index in [9.17, 15) is 5.02 Å². The first kappa shape index (κ1) is 19.2. The SMILES string of the molecule is CCCCCCOB(O)Oc1ccc(CN)c(Cl)c1.N. The summed E-state index contributed by atoms with van der Waals surface area (Å²) >= 11 is 5.99. The molecule has 0 unspecified atom stereocenters. The Morgan fingerprint density at radius 2 is 2.05 bits per heavy atom. The van der Waals surface area contributed by atoms with Crippen LogP contribution in [0.25, 0.3) is 0 Å². The van der Waals surface area contributed by atoms with E-state index in [2.05, 4.69) is 6.92 Å². The first-order valence-electron chi connectivity index (χ1n) is 6.62. The average Bonchev–Trinajstić information content (AvgIpc) is 2.39. The Labute approximate surface area is 126 Å². The van der Waals surface area contributed by atoms with Gasteiger partial charge in [-0.1, -0.05) is 43.9 Å². The van der Waals surface area contributed by atoms with Gasteiger partial charge in [-0.3, -0.25) is 0 Å². The van der Waals surface area contributed by atoms with E-state index in [0.29, 0.717) is 23.9 Å². The summed E-state index contributed by atoms with van der Waals surface area (Å²) in [7, 11) is -1.26. The number of unbranched alkanes of at least 4 members (excludes halogenated alkanes) is 3. The maximum atomic E-state index is 9.56. The number of benzene rings is 1. The third-order valence-corrected chi connectivity index (χ3v) is 3.09. The van der Waals surface area contributed by atoms with Gasteiger partial charge >= 0.3 is 7.32 Å². The summed E-state index contributed by atoms with van der Waals surface area (Å²) in [6, 6.07) is 5.09. The Morgan fingerprint density at radius 1 is 1.30 bits per heavy atom. The van der Waals surface area contributed by atoms with Crippen LogP contribution in [0.3, 0.4) is 0 Å². The van der Waals surface area contributed by atoms with E-state index in [1.807, 2.05) is 0 Å². The first-order chi connectivity index (χ1) is 9.17. The van der Waals surface area contributed by atoms with Crippen molar-refractivity contribution in [3.8, 4) is 5.75 Å². The van der Waals surface area contributed by atoms with Crippen LogP contribution in [0.1, 0.15) is 38.2 Å². The van der Waals surface area contributed by atoms with Crippen LogP contribution in [0.15, 0.2) is 18.2 Å². The molecule has 1 rings (SSSR count). The average molecular weight is 303 g/mol. The van der Waals surface area contributed by atoms with Crippen LogP contribution in [0, 0.1) is 0 Å². The minimum absolute atomic E-state index is 0. The predicted molar refractivity (Wildman–Crippen MR) is 83.1 cm³/mol. The van der Waals surface area contributed by atoms with Crippen LogP contribution in [0.2, 0.25) is 5.02 Å². The van der Waals surface area contributed by atoms with Gasteiger partial charge in [0.2, 0.25) is 0 Å². The molecule has 0 aromatic heterocycles. The predicted octanol–water partition coefficient (Wildman–Crippen LogP) is 2.91. The summed E-state index contributed by atoms with van der Waals surface area (Å²) in [5.74, 6) is 0.461. The molecule has 0 aliphatic heterocycles. The standard InChI is InChI=1S/C13H21BClNO3.H3N/c1-2-3-4-5-8-18-14(17)19-12-7-6-11(10-16)13(15)9-12;/h6-7,9,17H,2-5,8,10,16H2,1H3;1H3. The van der Waals surface area contributed by atoms with E-state index in [1.165, 1.54) is 12.8 Å². The molecule has 0 aliphatic carbocycles. The summed E-state index contributed by atoms with van der Waals surface area (Å²) in [6.07, 6.45) is 4.36. The molecule has 0 aliphatic rings. The summed E-state index contributed by atoms with van der Waals surface area (Å²) in [4.78, 5) is 0. The highest BCUT2D eigenvalue weighted by atomic mass is 35.5. The normalized spacial score (nSPS) is 10.0. The Balaban J connectivity index is 0.00000361. The van der Waals surface area contributed by atoms with Gasteiger partial charge < -0.3 is 26.2 Å². The number of halogens is 1. The molecule has 20 heavy (non-hydrogen) atoms. The highest BCUT2D eigenvalue weighted by Gasteiger charge is 2.18. The van der Waals surface area contributed by atoms with Crippen molar-refractivity contribution in [2.24, 2.45) is 5.73 Å². The van der Waals surface area contributed by atoms with Crippen molar-refractivity contribution in [3.05, 3.63) is 28.8 Å². The van der Waals surface area contributed by atoms with Gasteiger partial charge in [0, 0.05) is 18.2 Å². The summed E-state index contributed by atoms with van der Waals surface area (Å²) in [6.45, 7) is 3.00. The summed E-state index contributed by atoms with van der Waals surface area (Å²) in [5.41, 5.74) is 6.35. The van der Waals surface area contributed by atoms with Crippen molar-refractivity contribution in [3.63, 3.8) is 0 Å². The fourth-order valence-electron chi connectivity index (χ4n) is 1.63. The maximum Gasteiger partial charge on any atom is 0.710 e. The zero-order chi connectivity index (χ0) is 14.1. The molecule has 0 saturated carbocycles. The van der Waals surface area contributed by atoms with E-state index in [-0.39, 0.29) is 6.15 Å². The monoisotopic (exact) mass is 302 g/mol. The van der Waals surface area contributed by atoms with Crippen LogP contribution < -0.4 is 16.5 Å². The molecular formula is C13H24BClN2O3. The van der Waals surface area contributed by atoms with Gasteiger partial charge in [0.1, 0.15) is 5.75 Å². The largest absolute Gasteiger partial charge is 0.710 e. The van der Waals surface area contributed by atoms with Crippen molar-refractivity contribution < 1.29 is 14.3 Å². The molecule has 0 atom stereocenters. The van der Waals surface area contributed by atoms with E-state index < -0.39 is 7.32 Å². The van der Waals surface area contributed by atoms with E-state index >= 15 is 0 Å². The maximum absolute atomic E-state index is 9.56. The summed E-state index contributed by atoms with van der Waals surface area (Å²) in [5, 5.41) is 10.1. The molecule has 1 aromatic carbocycles. The van der Waals surface area contributed by atoms with Gasteiger partial charge in [0.05, 0.1) is 0 Å². The minimum Gasteiger partial charge on any atom is -0.512 e. The second-order valence-electron chi connectivity index (χ2n) is 4.31. The van der Waals surface area contributed by atoms with E-state index in [0.717, 1.165) is 18.4 Å². The van der Waals surface area contributed by atoms with Crippen LogP contribution in [0.4, 0.5) is 0 Å². The Hall–Kier alpha value is -0.785. The molecule has 0 spiro atoms. The lowest BCUT2D eigenvalue weighted by atomic mass is 10.2. The lowest BCUT2D eigenvalue weighted by molar-refractivity contribution is 0.189. The van der Waals surface area contributed by atoms with Gasteiger partial charge in [-0.2, -0.15) is 0 Å². The van der Waals surface area contributed by atoms with Crippen molar-refractivity contribution in [2.45, 2.75) is 39.2 Å². The first-order valence-corrected chi connectivity index (χ1v) is 7.00. The van der Waals surface area contributed by atoms with Crippen LogP contribution in [-0.4, -0.2) is 19.0 Å². The Morgan fingerprint density at radius 3 is 2.65 bits per heavy atom. The van der Waals surface area contributed by atoms with Crippen molar-refractivity contribution in [2.75, 3.05) is 6.61 Å². The summed E-state index contributed by atoms with van der Waals surface area (Å²) < 4.78 is 10.4. The van der Waals surface area contributed by atoms with Gasteiger partial charge in [-0.05, 0) is 24.1 Å². The molecule has 0 bridgehead atoms. The quantitative estimate of drug-likeness (QED) is 0.481. The second-order valence-corrected chi connectivity index (χ2v) is 4.72. The molecule has 0 amide bonds. The second kappa shape index (κ2) is 10.9. The smallest absolute Gasteiger partial charge is 0.512 e. The van der Waals surface area contributed by atoms with Crippen LogP contribution >= 0.6 is 11.6 Å². The van der Waals surface area contributed by atoms with Gasteiger partial charge in [0.25, 0.3) is 0 Å². The molecule has 6 N–H and O–H groups in total. The number of hydrogen-bond acceptors (Lipinski definition) is 5. The van der Waals surface area contributed by atoms with Gasteiger partial charge in [-0.25, -0.2) is 0 Å². The number of hydrogen-bond donors (Lipinski definition) is 3. The van der Waals surface area contributed by atoms with Gasteiger partial charge in [-0.15, -0.1) is 0 Å². The molecule has 0 fully saturated rings.